The van der Waals surface area contributed by atoms with E-state index in [0.717, 1.165) is 99.7 Å². The molecule has 3 aliphatic heterocycles. The van der Waals surface area contributed by atoms with E-state index >= 15 is 0 Å². The lowest BCUT2D eigenvalue weighted by Crippen LogP contribution is -2.28. The first-order chi connectivity index (χ1) is 28.7. The summed E-state index contributed by atoms with van der Waals surface area (Å²) in [7, 11) is 0. The van der Waals surface area contributed by atoms with Crippen LogP contribution in [0.15, 0.2) is 95.5 Å². The molecule has 4 aromatic carbocycles. The maximum atomic E-state index is 6.09. The highest BCUT2D eigenvalue weighted by atomic mass is 79.9. The van der Waals surface area contributed by atoms with E-state index in [1.54, 1.807) is 0 Å². The van der Waals surface area contributed by atoms with Crippen LogP contribution in [-0.2, 0) is 16.2 Å². The second-order valence-electron chi connectivity index (χ2n) is 17.0. The number of hydrogen-bond acceptors (Lipinski definition) is 9. The fraction of sp³-hybridized carbons (Fsp3) is 0.333. The van der Waals surface area contributed by atoms with Gasteiger partial charge in [-0.1, -0.05) is 51.8 Å². The van der Waals surface area contributed by atoms with Gasteiger partial charge in [0.25, 0.3) is 0 Å². The van der Waals surface area contributed by atoms with Gasteiger partial charge in [0.2, 0.25) is 0 Å². The van der Waals surface area contributed by atoms with Gasteiger partial charge in [-0.25, -0.2) is 0 Å². The molecule has 7 aromatic rings. The fourth-order valence-corrected chi connectivity index (χ4v) is 9.65. The molecule has 12 nitrogen and oxygen atoms in total. The molecule has 6 heterocycles. The maximum absolute atomic E-state index is 6.09. The topological polar surface area (TPSA) is 119 Å². The predicted molar refractivity (Wildman–Crippen MR) is 234 cm³/mol. The third-order valence-electron chi connectivity index (χ3n) is 13.0. The van der Waals surface area contributed by atoms with Crippen LogP contribution < -0.4 is 15.5 Å². The summed E-state index contributed by atoms with van der Waals surface area (Å²) in [5, 5.41) is 34.1. The molecule has 3 spiro atoms. The molecule has 3 aliphatic carbocycles. The summed E-state index contributed by atoms with van der Waals surface area (Å²) in [6.07, 6.45) is 7.14. The zero-order valence-corrected chi connectivity index (χ0v) is 35.6. The molecule has 0 amide bonds. The third kappa shape index (κ3) is 6.06. The predicted octanol–water partition coefficient (Wildman–Crippen LogP) is 9.24. The molecular weight excluding hydrogens is 824 g/mol. The average Bonchev–Trinajstić information content (AvgIpc) is 4.21. The van der Waals surface area contributed by atoms with Gasteiger partial charge in [-0.2, -0.15) is 0 Å². The summed E-state index contributed by atoms with van der Waals surface area (Å²) in [6.45, 7) is 8.92. The van der Waals surface area contributed by atoms with Gasteiger partial charge in [0.05, 0.1) is 34.1 Å². The minimum absolute atomic E-state index is 0.0971. The first-order valence-electron chi connectivity index (χ1n) is 20.4. The second kappa shape index (κ2) is 13.5. The summed E-state index contributed by atoms with van der Waals surface area (Å²) in [4.78, 5) is 2.40. The normalized spacial score (nSPS) is 18.3. The third-order valence-corrected chi connectivity index (χ3v) is 13.8. The van der Waals surface area contributed by atoms with Crippen LogP contribution in [-0.4, -0.2) is 63.9 Å². The van der Waals surface area contributed by atoms with Gasteiger partial charge in [0, 0.05) is 51.1 Å². The summed E-state index contributed by atoms with van der Waals surface area (Å²) in [5.74, 6) is 6.23. The van der Waals surface area contributed by atoms with E-state index in [2.05, 4.69) is 155 Å². The van der Waals surface area contributed by atoms with Gasteiger partial charge >= 0.3 is 0 Å². The van der Waals surface area contributed by atoms with Crippen molar-refractivity contribution in [2.24, 2.45) is 0 Å². The van der Waals surface area contributed by atoms with Crippen LogP contribution in [0.25, 0.3) is 17.1 Å². The lowest BCUT2D eigenvalue weighted by atomic mass is 10.1. The van der Waals surface area contributed by atoms with Crippen molar-refractivity contribution >= 4 is 50.3 Å². The number of benzene rings is 4. The van der Waals surface area contributed by atoms with Gasteiger partial charge in [0.15, 0.2) is 0 Å². The van der Waals surface area contributed by atoms with E-state index < -0.39 is 0 Å². The van der Waals surface area contributed by atoms with Gasteiger partial charge in [0.1, 0.15) is 34.9 Å². The van der Waals surface area contributed by atoms with Gasteiger partial charge < -0.3 is 15.5 Å². The number of fused-ring (bicyclic) bond motifs is 12. The van der Waals surface area contributed by atoms with Crippen molar-refractivity contribution in [2.45, 2.75) is 75.5 Å². The SMILES string of the molecule is Cc1nnc2n1-c1ccc(Br)cc1NCC21CC1.Cc1nnc2n1-c1ccccc1N(c1ccc(Cl)cc1)CC21CC1.Cc1nnc2n1-c1ccccc1NCC21CC1. The Hall–Kier alpha value is -5.53. The Morgan fingerprint density at radius 1 is 0.525 bits per heavy atom. The highest BCUT2D eigenvalue weighted by molar-refractivity contribution is 9.10. The monoisotopic (exact) mass is 866 g/mol. The number of nitrogens with one attached hydrogen (secondary N) is 2. The van der Waals surface area contributed by atoms with Crippen LogP contribution in [0.1, 0.15) is 73.5 Å². The molecule has 0 unspecified atom stereocenters. The summed E-state index contributed by atoms with van der Waals surface area (Å²) < 4.78 is 7.74. The molecule has 0 radical (unpaired) electrons. The fourth-order valence-electron chi connectivity index (χ4n) is 9.16. The van der Waals surface area contributed by atoms with Crippen LogP contribution in [0.5, 0.6) is 0 Å². The quantitative estimate of drug-likeness (QED) is 0.167. The summed E-state index contributed by atoms with van der Waals surface area (Å²) in [5.41, 5.74) is 8.68. The van der Waals surface area contributed by atoms with Crippen LogP contribution in [0.4, 0.5) is 22.7 Å². The van der Waals surface area contributed by atoms with E-state index in [-0.39, 0.29) is 16.2 Å². The summed E-state index contributed by atoms with van der Waals surface area (Å²) in [6, 6.07) is 31.3. The van der Waals surface area contributed by atoms with Gasteiger partial charge in [-0.3, -0.25) is 13.7 Å². The molecular formula is C45H44BrClN12. The standard InChI is InChI=1S/C19H17ClN4.C13H13BrN4.C13H14N4/c1-13-21-22-18-19(10-11-19)12-23(15-8-6-14(20)7-9-15)16-4-2-3-5-17(16)24(13)18;1-8-16-17-12-13(4-5-13)7-15-10-6-9(14)2-3-11(10)18(8)12;1-9-15-16-12-13(6-7-13)8-14-10-4-2-3-5-11(10)17(9)12/h2-9H,10-12H2,1H3;2-3,6,15H,4-5,7H2,1H3;2-5,14H,6-8H2,1H3. The second-order valence-corrected chi connectivity index (χ2v) is 18.3. The molecule has 59 heavy (non-hydrogen) atoms. The maximum Gasteiger partial charge on any atom is 0.145 e. The molecule has 0 atom stereocenters. The summed E-state index contributed by atoms with van der Waals surface area (Å²) >= 11 is 9.62. The van der Waals surface area contributed by atoms with Crippen LogP contribution >= 0.6 is 27.5 Å². The minimum Gasteiger partial charge on any atom is -0.382 e. The van der Waals surface area contributed by atoms with Crippen molar-refractivity contribution in [3.8, 4) is 17.1 Å². The zero-order valence-electron chi connectivity index (χ0n) is 33.3. The van der Waals surface area contributed by atoms with Gasteiger partial charge in [-0.05, 0) is 126 Å². The minimum atomic E-state index is 0.0971. The lowest BCUT2D eigenvalue weighted by Gasteiger charge is -2.27. The lowest BCUT2D eigenvalue weighted by molar-refractivity contribution is 0.635. The van der Waals surface area contributed by atoms with Crippen LogP contribution in [0.2, 0.25) is 5.02 Å². The number of rotatable bonds is 1. The van der Waals surface area contributed by atoms with E-state index in [1.807, 2.05) is 32.9 Å². The molecule has 3 aromatic heterocycles. The first-order valence-corrected chi connectivity index (χ1v) is 21.6. The number of hydrogen-bond donors (Lipinski definition) is 2. The molecule has 6 aliphatic rings. The van der Waals surface area contributed by atoms with Crippen molar-refractivity contribution in [3.63, 3.8) is 0 Å². The Morgan fingerprint density at radius 3 is 1.58 bits per heavy atom. The van der Waals surface area contributed by atoms with Crippen molar-refractivity contribution in [1.82, 2.24) is 44.3 Å². The molecule has 3 fully saturated rings. The Morgan fingerprint density at radius 2 is 1.00 bits per heavy atom. The zero-order chi connectivity index (χ0) is 40.1. The molecule has 3 saturated carbocycles. The smallest absolute Gasteiger partial charge is 0.145 e. The number of aromatic nitrogens is 9. The van der Waals surface area contributed by atoms with Crippen molar-refractivity contribution in [2.75, 3.05) is 35.2 Å². The number of nitrogens with zero attached hydrogens (tertiary/aromatic N) is 10. The van der Waals surface area contributed by atoms with E-state index in [0.29, 0.717) is 0 Å². The number of halogens is 2. The molecule has 0 bridgehead atoms. The number of aryl methyl sites for hydroxylation is 3. The average molecular weight is 868 g/mol. The first kappa shape index (κ1) is 36.5. The number of para-hydroxylation sites is 4. The highest BCUT2D eigenvalue weighted by Gasteiger charge is 2.53. The van der Waals surface area contributed by atoms with E-state index in [4.69, 9.17) is 11.6 Å². The van der Waals surface area contributed by atoms with Crippen LogP contribution in [0.3, 0.4) is 0 Å². The Kier molecular flexibility index (Phi) is 8.36. The van der Waals surface area contributed by atoms with E-state index in [9.17, 15) is 0 Å². The number of anilines is 4. The molecule has 2 N–H and O–H groups in total. The largest absolute Gasteiger partial charge is 0.382 e. The van der Waals surface area contributed by atoms with Crippen molar-refractivity contribution in [1.29, 1.82) is 0 Å². The molecule has 14 heteroatoms. The highest BCUT2D eigenvalue weighted by Crippen LogP contribution is 2.54. The van der Waals surface area contributed by atoms with Crippen LogP contribution in [0, 0.1) is 20.8 Å². The van der Waals surface area contributed by atoms with Crippen molar-refractivity contribution in [3.05, 3.63) is 135 Å². The van der Waals surface area contributed by atoms with Crippen molar-refractivity contribution < 1.29 is 0 Å². The van der Waals surface area contributed by atoms with Gasteiger partial charge in [-0.15, -0.1) is 30.6 Å². The van der Waals surface area contributed by atoms with E-state index in [1.165, 1.54) is 42.7 Å². The Bertz CT molecular complexity index is 2760. The molecule has 13 rings (SSSR count). The Balaban J connectivity index is 0.000000103. The molecule has 298 valence electrons. The Labute approximate surface area is 356 Å². The molecule has 0 saturated heterocycles.